The fourth-order valence-corrected chi connectivity index (χ4v) is 4.59. The number of aliphatic hydroxyl groups excluding tert-OH is 1. The largest absolute Gasteiger partial charge is 0.392 e. The van der Waals surface area contributed by atoms with Crippen LogP contribution in [-0.2, 0) is 13.5 Å². The van der Waals surface area contributed by atoms with E-state index in [1.54, 1.807) is 24.3 Å². The summed E-state index contributed by atoms with van der Waals surface area (Å²) in [6, 6.07) is 15.1. The van der Waals surface area contributed by atoms with Crippen LogP contribution in [0.4, 0.5) is 0 Å². The fraction of sp³-hybridized carbons (Fsp3) is 0.357. The molecule has 4 rings (SSSR count). The van der Waals surface area contributed by atoms with Gasteiger partial charge in [-0.05, 0) is 48.9 Å². The van der Waals surface area contributed by atoms with E-state index in [2.05, 4.69) is 48.6 Å². The van der Waals surface area contributed by atoms with Gasteiger partial charge in [0.15, 0.2) is 0 Å². The minimum absolute atomic E-state index is 0.0387. The summed E-state index contributed by atoms with van der Waals surface area (Å²) in [5.74, 6) is 5.73. The van der Waals surface area contributed by atoms with Crippen LogP contribution in [0.25, 0.3) is 10.9 Å². The summed E-state index contributed by atoms with van der Waals surface area (Å²) in [7, 11) is 2.04. The molecule has 0 unspecified atom stereocenters. The number of aromatic nitrogens is 1. The van der Waals surface area contributed by atoms with E-state index < -0.39 is 6.10 Å². The van der Waals surface area contributed by atoms with Gasteiger partial charge in [-0.25, -0.2) is 0 Å². The van der Waals surface area contributed by atoms with Crippen LogP contribution < -0.4 is 0 Å². The molecule has 0 saturated carbocycles. The van der Waals surface area contributed by atoms with Crippen molar-refractivity contribution in [2.75, 3.05) is 6.54 Å². The number of imide groups is 1. The summed E-state index contributed by atoms with van der Waals surface area (Å²) in [4.78, 5) is 26.3. The number of nitrogens with zero attached hydrogens (tertiary/aromatic N) is 2. The van der Waals surface area contributed by atoms with Crippen molar-refractivity contribution in [3.05, 3.63) is 71.4 Å². The Bertz CT molecular complexity index is 1210. The smallest absolute Gasteiger partial charge is 0.262 e. The second kappa shape index (κ2) is 9.64. The van der Waals surface area contributed by atoms with Crippen molar-refractivity contribution < 1.29 is 14.7 Å². The molecular weight excluding hydrogens is 412 g/mol. The number of para-hydroxylation sites is 1. The van der Waals surface area contributed by atoms with Gasteiger partial charge in [0.1, 0.15) is 0 Å². The number of carbonyl (C=O) groups is 2. The molecule has 170 valence electrons. The molecule has 0 spiro atoms. The molecule has 1 aliphatic heterocycles. The number of benzene rings is 2. The van der Waals surface area contributed by atoms with Gasteiger partial charge < -0.3 is 9.67 Å². The first-order valence-corrected chi connectivity index (χ1v) is 11.5. The van der Waals surface area contributed by atoms with Gasteiger partial charge in [0.25, 0.3) is 11.8 Å². The lowest BCUT2D eigenvalue weighted by atomic mass is 9.89. The Balaban J connectivity index is 1.44. The number of hydrogen-bond donors (Lipinski definition) is 1. The van der Waals surface area contributed by atoms with Crippen molar-refractivity contribution in [1.29, 1.82) is 0 Å². The number of aliphatic hydroxyl groups is 1. The Morgan fingerprint density at radius 3 is 2.27 bits per heavy atom. The molecule has 1 aliphatic rings. The van der Waals surface area contributed by atoms with E-state index in [1.807, 2.05) is 19.2 Å². The Hall–Kier alpha value is -3.36. The molecule has 3 aromatic rings. The fourth-order valence-electron chi connectivity index (χ4n) is 4.59. The molecule has 2 aromatic carbocycles. The standard InChI is InChI=1S/C28H30N2O3/c1-19(2)17-20(9-8-16-30-27(32)23-11-4-5-12-24(23)28(30)33)26(31)15-14-21-18-29(3)25-13-7-6-10-22(21)25/h4-7,10-13,18-20,26,31H,14-17H2,1-3H3/t20-,26-/m1/s1. The third-order valence-corrected chi connectivity index (χ3v) is 6.28. The zero-order chi connectivity index (χ0) is 23.5. The van der Waals surface area contributed by atoms with Crippen molar-refractivity contribution in [3.8, 4) is 11.8 Å². The maximum Gasteiger partial charge on any atom is 0.262 e. The number of amides is 2. The Morgan fingerprint density at radius 1 is 0.970 bits per heavy atom. The van der Waals surface area contributed by atoms with Crippen molar-refractivity contribution in [3.63, 3.8) is 0 Å². The first-order chi connectivity index (χ1) is 15.9. The highest BCUT2D eigenvalue weighted by atomic mass is 16.3. The van der Waals surface area contributed by atoms with Crippen molar-refractivity contribution >= 4 is 22.7 Å². The van der Waals surface area contributed by atoms with Crippen molar-refractivity contribution in [2.45, 2.75) is 39.2 Å². The van der Waals surface area contributed by atoms with Gasteiger partial charge in [-0.3, -0.25) is 14.5 Å². The number of carbonyl (C=O) groups excluding carboxylic acids is 2. The van der Waals surface area contributed by atoms with E-state index >= 15 is 0 Å². The topological polar surface area (TPSA) is 62.5 Å². The molecule has 0 bridgehead atoms. The molecule has 0 saturated heterocycles. The van der Waals surface area contributed by atoms with Crippen LogP contribution >= 0.6 is 0 Å². The van der Waals surface area contributed by atoms with Crippen LogP contribution in [0.5, 0.6) is 0 Å². The first kappa shape index (κ1) is 22.8. The molecule has 1 aromatic heterocycles. The van der Waals surface area contributed by atoms with Crippen LogP contribution in [0.2, 0.25) is 0 Å². The van der Waals surface area contributed by atoms with Crippen LogP contribution in [0.3, 0.4) is 0 Å². The summed E-state index contributed by atoms with van der Waals surface area (Å²) in [6.07, 6.45) is 3.67. The lowest BCUT2D eigenvalue weighted by Gasteiger charge is -2.20. The predicted octanol–water partition coefficient (Wildman–Crippen LogP) is 4.43. The minimum Gasteiger partial charge on any atom is -0.392 e. The van der Waals surface area contributed by atoms with E-state index in [1.165, 1.54) is 21.4 Å². The molecule has 5 heteroatoms. The van der Waals surface area contributed by atoms with E-state index in [4.69, 9.17) is 0 Å². The summed E-state index contributed by atoms with van der Waals surface area (Å²) in [5, 5.41) is 12.2. The predicted molar refractivity (Wildman–Crippen MR) is 130 cm³/mol. The third kappa shape index (κ3) is 4.72. The van der Waals surface area contributed by atoms with Gasteiger partial charge in [0.2, 0.25) is 0 Å². The summed E-state index contributed by atoms with van der Waals surface area (Å²) >= 11 is 0. The van der Waals surface area contributed by atoms with Gasteiger partial charge in [-0.1, -0.05) is 56.0 Å². The molecule has 2 heterocycles. The van der Waals surface area contributed by atoms with Crippen LogP contribution in [0, 0.1) is 23.7 Å². The molecule has 0 radical (unpaired) electrons. The lowest BCUT2D eigenvalue weighted by Crippen LogP contribution is -2.30. The number of rotatable bonds is 7. The zero-order valence-corrected chi connectivity index (χ0v) is 19.4. The summed E-state index contributed by atoms with van der Waals surface area (Å²) in [5.41, 5.74) is 3.26. The lowest BCUT2D eigenvalue weighted by molar-refractivity contribution is 0.0674. The Morgan fingerprint density at radius 2 is 1.61 bits per heavy atom. The van der Waals surface area contributed by atoms with Crippen molar-refractivity contribution in [1.82, 2.24) is 9.47 Å². The first-order valence-electron chi connectivity index (χ1n) is 11.5. The molecule has 33 heavy (non-hydrogen) atoms. The number of hydrogen-bond acceptors (Lipinski definition) is 3. The van der Waals surface area contributed by atoms with Gasteiger partial charge in [0.05, 0.1) is 23.8 Å². The van der Waals surface area contributed by atoms with Gasteiger partial charge in [-0.2, -0.15) is 0 Å². The quantitative estimate of drug-likeness (QED) is 0.435. The van der Waals surface area contributed by atoms with E-state index in [9.17, 15) is 14.7 Å². The number of aryl methyl sites for hydroxylation is 2. The summed E-state index contributed by atoms with van der Waals surface area (Å²) < 4.78 is 2.12. The highest BCUT2D eigenvalue weighted by Crippen LogP contribution is 2.25. The Kier molecular flexibility index (Phi) is 6.67. The second-order valence-electron chi connectivity index (χ2n) is 9.19. The Labute approximate surface area is 195 Å². The number of fused-ring (bicyclic) bond motifs is 2. The third-order valence-electron chi connectivity index (χ3n) is 6.28. The van der Waals surface area contributed by atoms with E-state index in [0.717, 1.165) is 12.8 Å². The molecule has 1 N–H and O–H groups in total. The maximum absolute atomic E-state index is 12.5. The molecule has 2 atom stereocenters. The van der Waals surface area contributed by atoms with Gasteiger partial charge >= 0.3 is 0 Å². The molecular formula is C28H30N2O3. The second-order valence-corrected chi connectivity index (χ2v) is 9.19. The highest BCUT2D eigenvalue weighted by molar-refractivity contribution is 6.21. The maximum atomic E-state index is 12.5. The normalized spacial score (nSPS) is 15.0. The van der Waals surface area contributed by atoms with Crippen LogP contribution in [0.1, 0.15) is 53.0 Å². The molecule has 0 fully saturated rings. The monoisotopic (exact) mass is 442 g/mol. The van der Waals surface area contributed by atoms with Crippen molar-refractivity contribution in [2.24, 2.45) is 18.9 Å². The minimum atomic E-state index is -0.582. The van der Waals surface area contributed by atoms with Gasteiger partial charge in [0, 0.05) is 30.1 Å². The average molecular weight is 443 g/mol. The summed E-state index contributed by atoms with van der Waals surface area (Å²) in [6.45, 7) is 4.25. The molecule has 5 nitrogen and oxygen atoms in total. The van der Waals surface area contributed by atoms with Crippen LogP contribution in [-0.4, -0.2) is 39.0 Å². The zero-order valence-electron chi connectivity index (χ0n) is 19.4. The molecule has 0 aliphatic carbocycles. The average Bonchev–Trinajstić information content (AvgIpc) is 3.26. The molecule has 2 amide bonds. The van der Waals surface area contributed by atoms with E-state index in [0.29, 0.717) is 23.5 Å². The van der Waals surface area contributed by atoms with E-state index in [-0.39, 0.29) is 24.3 Å². The highest BCUT2D eigenvalue weighted by Gasteiger charge is 2.34. The SMILES string of the molecule is CC(C)C[C@@H](C#CCN1C(=O)c2ccccc2C1=O)[C@H](O)CCc1cn(C)c2ccccc12. The van der Waals surface area contributed by atoms with Gasteiger partial charge in [-0.15, -0.1) is 0 Å². The van der Waals surface area contributed by atoms with Crippen LogP contribution in [0.15, 0.2) is 54.7 Å².